The van der Waals surface area contributed by atoms with Crippen molar-refractivity contribution in [3.63, 3.8) is 0 Å². The number of aromatic nitrogens is 1. The maximum Gasteiger partial charge on any atom is 0.337 e. The van der Waals surface area contributed by atoms with E-state index in [9.17, 15) is 22.8 Å². The van der Waals surface area contributed by atoms with Crippen LogP contribution in [0.3, 0.4) is 0 Å². The monoisotopic (exact) mass is 550 g/mol. The summed E-state index contributed by atoms with van der Waals surface area (Å²) in [5.41, 5.74) is 2.03. The van der Waals surface area contributed by atoms with Crippen LogP contribution in [0.25, 0.3) is 0 Å². The third-order valence-corrected chi connectivity index (χ3v) is 7.62. The van der Waals surface area contributed by atoms with Gasteiger partial charge in [-0.3, -0.25) is 14.3 Å². The van der Waals surface area contributed by atoms with Crippen molar-refractivity contribution in [1.82, 2.24) is 4.98 Å². The van der Waals surface area contributed by atoms with Crippen molar-refractivity contribution in [2.24, 2.45) is 0 Å². The number of carbonyl (C=O) groups is 3. The smallest absolute Gasteiger partial charge is 0.337 e. The highest BCUT2D eigenvalue weighted by molar-refractivity contribution is 7.93. The highest BCUT2D eigenvalue weighted by Gasteiger charge is 2.18. The number of nitrogens with zero attached hydrogens (tertiary/aromatic N) is 2. The number of sulfonamides is 1. The van der Waals surface area contributed by atoms with Gasteiger partial charge in [0.1, 0.15) is 0 Å². The fraction of sp³-hybridized carbons (Fsp3) is 0.0769. The first kappa shape index (κ1) is 26.5. The Morgan fingerprint density at radius 1 is 0.868 bits per heavy atom. The summed E-state index contributed by atoms with van der Waals surface area (Å²) in [6, 6.07) is 18.3. The van der Waals surface area contributed by atoms with E-state index in [1.54, 1.807) is 36.7 Å². The van der Waals surface area contributed by atoms with Gasteiger partial charge in [-0.1, -0.05) is 0 Å². The van der Waals surface area contributed by atoms with Gasteiger partial charge in [0, 0.05) is 41.1 Å². The van der Waals surface area contributed by atoms with Gasteiger partial charge in [0.15, 0.2) is 5.13 Å². The lowest BCUT2D eigenvalue weighted by Crippen LogP contribution is -2.26. The van der Waals surface area contributed by atoms with Gasteiger partial charge in [-0.15, -0.1) is 11.3 Å². The van der Waals surface area contributed by atoms with Crippen LogP contribution in [0.2, 0.25) is 0 Å². The third-order valence-electron chi connectivity index (χ3n) is 5.45. The van der Waals surface area contributed by atoms with Crippen LogP contribution < -0.4 is 14.9 Å². The van der Waals surface area contributed by atoms with Crippen LogP contribution in [0.4, 0.5) is 16.5 Å². The predicted octanol–water partition coefficient (Wildman–Crippen LogP) is 4.26. The molecule has 0 aliphatic carbocycles. The Labute approximate surface area is 223 Å². The molecule has 0 aliphatic heterocycles. The van der Waals surface area contributed by atoms with Crippen LogP contribution in [0.5, 0.6) is 0 Å². The van der Waals surface area contributed by atoms with Crippen molar-refractivity contribution in [2.75, 3.05) is 29.1 Å². The fourth-order valence-corrected chi connectivity index (χ4v) is 5.17. The Kier molecular flexibility index (Phi) is 7.84. The number of hydrogen-bond acceptors (Lipinski definition) is 8. The van der Waals surface area contributed by atoms with Crippen LogP contribution in [0.15, 0.2) is 89.3 Å². The standard InChI is InChI=1S/C26H22N4O6S2/c1-30(21-11-13-22(14-12-21)38(34,35)29-26-27-15-16-37-26)24(32)18-7-9-20(10-8-18)28-23(31)17-3-5-19(6-4-17)25(33)36-2/h3-16H,1-2H3,(H,27,29)(H,28,31). The Morgan fingerprint density at radius 3 is 2.05 bits per heavy atom. The average Bonchev–Trinajstić information content (AvgIpc) is 3.44. The number of nitrogens with one attached hydrogen (secondary N) is 2. The van der Waals surface area contributed by atoms with Gasteiger partial charge in [0.2, 0.25) is 0 Å². The molecule has 10 nitrogen and oxygen atoms in total. The van der Waals surface area contributed by atoms with E-state index < -0.39 is 16.0 Å². The molecule has 2 N–H and O–H groups in total. The molecular weight excluding hydrogens is 528 g/mol. The molecule has 0 bridgehead atoms. The molecule has 0 atom stereocenters. The van der Waals surface area contributed by atoms with Crippen molar-refractivity contribution in [1.29, 1.82) is 0 Å². The lowest BCUT2D eigenvalue weighted by Gasteiger charge is -2.18. The quantitative estimate of drug-likeness (QED) is 0.313. The number of carbonyl (C=O) groups excluding carboxylic acids is 3. The molecule has 0 aliphatic rings. The van der Waals surface area contributed by atoms with Crippen molar-refractivity contribution >= 4 is 55.7 Å². The molecule has 12 heteroatoms. The first-order valence-electron chi connectivity index (χ1n) is 11.1. The van der Waals surface area contributed by atoms with Gasteiger partial charge in [-0.2, -0.15) is 0 Å². The summed E-state index contributed by atoms with van der Waals surface area (Å²) >= 11 is 1.17. The molecular formula is C26H22N4O6S2. The summed E-state index contributed by atoms with van der Waals surface area (Å²) < 4.78 is 32.1. The Hall–Kier alpha value is -4.55. The van der Waals surface area contributed by atoms with Crippen LogP contribution in [0.1, 0.15) is 31.1 Å². The lowest BCUT2D eigenvalue weighted by molar-refractivity contribution is 0.0600. The number of esters is 1. The van der Waals surface area contributed by atoms with E-state index in [1.165, 1.54) is 78.1 Å². The predicted molar refractivity (Wildman–Crippen MR) is 144 cm³/mol. The normalized spacial score (nSPS) is 10.9. The number of anilines is 3. The second kappa shape index (κ2) is 11.2. The molecule has 1 aromatic heterocycles. The van der Waals surface area contributed by atoms with Crippen LogP contribution in [-0.4, -0.2) is 45.3 Å². The minimum Gasteiger partial charge on any atom is -0.465 e. The van der Waals surface area contributed by atoms with Gasteiger partial charge < -0.3 is 15.0 Å². The van der Waals surface area contributed by atoms with Gasteiger partial charge in [-0.25, -0.2) is 18.2 Å². The fourth-order valence-electron chi connectivity index (χ4n) is 3.38. The molecule has 4 rings (SSSR count). The number of ether oxygens (including phenoxy) is 1. The second-order valence-electron chi connectivity index (χ2n) is 7.90. The zero-order valence-corrected chi connectivity index (χ0v) is 21.9. The zero-order valence-electron chi connectivity index (χ0n) is 20.2. The molecule has 3 aromatic carbocycles. The van der Waals surface area contributed by atoms with E-state index in [0.717, 1.165) is 0 Å². The molecule has 0 saturated carbocycles. The maximum atomic E-state index is 13.0. The Bertz CT molecular complexity index is 1550. The van der Waals surface area contributed by atoms with E-state index in [2.05, 4.69) is 19.8 Å². The summed E-state index contributed by atoms with van der Waals surface area (Å²) in [6.07, 6.45) is 1.50. The third kappa shape index (κ3) is 6.05. The number of thiazole rings is 1. The largest absolute Gasteiger partial charge is 0.465 e. The SMILES string of the molecule is COC(=O)c1ccc(C(=O)Nc2ccc(C(=O)N(C)c3ccc(S(=O)(=O)Nc4nccs4)cc3)cc2)cc1. The van der Waals surface area contributed by atoms with E-state index in [1.807, 2.05) is 0 Å². The number of benzene rings is 3. The van der Waals surface area contributed by atoms with E-state index in [-0.39, 0.29) is 21.8 Å². The molecule has 2 amide bonds. The Balaban J connectivity index is 1.39. The van der Waals surface area contributed by atoms with Crippen LogP contribution in [-0.2, 0) is 14.8 Å². The molecule has 0 unspecified atom stereocenters. The van der Waals surface area contributed by atoms with Gasteiger partial charge in [0.25, 0.3) is 21.8 Å². The van der Waals surface area contributed by atoms with Gasteiger partial charge >= 0.3 is 5.97 Å². The second-order valence-corrected chi connectivity index (χ2v) is 10.5. The summed E-state index contributed by atoms with van der Waals surface area (Å²) in [5, 5.41) is 4.66. The highest BCUT2D eigenvalue weighted by Crippen LogP contribution is 2.22. The van der Waals surface area contributed by atoms with Gasteiger partial charge in [0.05, 0.1) is 17.6 Å². The zero-order chi connectivity index (χ0) is 27.3. The number of hydrogen-bond donors (Lipinski definition) is 2. The molecule has 194 valence electrons. The van der Waals surface area contributed by atoms with Crippen molar-refractivity contribution in [2.45, 2.75) is 4.90 Å². The lowest BCUT2D eigenvalue weighted by atomic mass is 10.1. The minimum absolute atomic E-state index is 0.0392. The molecule has 0 spiro atoms. The molecule has 0 radical (unpaired) electrons. The summed E-state index contributed by atoms with van der Waals surface area (Å²) in [6.45, 7) is 0. The number of rotatable bonds is 8. The summed E-state index contributed by atoms with van der Waals surface area (Å²) in [4.78, 5) is 42.4. The summed E-state index contributed by atoms with van der Waals surface area (Å²) in [7, 11) is -0.945. The molecule has 38 heavy (non-hydrogen) atoms. The molecule has 0 fully saturated rings. The number of methoxy groups -OCH3 is 1. The Morgan fingerprint density at radius 2 is 1.47 bits per heavy atom. The van der Waals surface area contributed by atoms with Crippen molar-refractivity contribution in [3.05, 3.63) is 101 Å². The maximum absolute atomic E-state index is 13.0. The molecule has 0 saturated heterocycles. The van der Waals surface area contributed by atoms with Crippen molar-refractivity contribution in [3.8, 4) is 0 Å². The van der Waals surface area contributed by atoms with E-state index in [4.69, 9.17) is 0 Å². The first-order chi connectivity index (χ1) is 18.2. The summed E-state index contributed by atoms with van der Waals surface area (Å²) in [5.74, 6) is -1.19. The first-order valence-corrected chi connectivity index (χ1v) is 13.4. The number of amides is 2. The van der Waals surface area contributed by atoms with Crippen LogP contribution >= 0.6 is 11.3 Å². The van der Waals surface area contributed by atoms with Gasteiger partial charge in [-0.05, 0) is 72.8 Å². The highest BCUT2D eigenvalue weighted by atomic mass is 32.2. The van der Waals surface area contributed by atoms with Crippen molar-refractivity contribution < 1.29 is 27.5 Å². The minimum atomic E-state index is -3.80. The van der Waals surface area contributed by atoms with E-state index >= 15 is 0 Å². The molecule has 1 heterocycles. The van der Waals surface area contributed by atoms with Crippen LogP contribution in [0, 0.1) is 0 Å². The van der Waals surface area contributed by atoms with E-state index in [0.29, 0.717) is 28.1 Å². The molecule has 4 aromatic rings. The topological polar surface area (TPSA) is 135 Å². The average molecular weight is 551 g/mol.